The van der Waals surface area contributed by atoms with Crippen LogP contribution in [0.3, 0.4) is 0 Å². The van der Waals surface area contributed by atoms with Gasteiger partial charge in [0, 0.05) is 12.3 Å². The molecule has 6 heteroatoms. The number of hydrogen-bond donors (Lipinski definition) is 4. The molecule has 0 spiro atoms. The maximum Gasteiger partial charge on any atom is 0.243 e. The van der Waals surface area contributed by atoms with Crippen LogP contribution in [-0.4, -0.2) is 36.1 Å². The number of hydrogen-bond acceptors (Lipinski definition) is 4. The summed E-state index contributed by atoms with van der Waals surface area (Å²) in [7, 11) is 0. The number of anilines is 1. The van der Waals surface area contributed by atoms with Gasteiger partial charge in [-0.1, -0.05) is 26.0 Å². The van der Waals surface area contributed by atoms with Gasteiger partial charge in [-0.3, -0.25) is 9.59 Å². The number of rotatable bonds is 7. The van der Waals surface area contributed by atoms with E-state index in [1.54, 1.807) is 12.1 Å². The molecular weight excluding hydrogens is 270 g/mol. The third-order valence-electron chi connectivity index (χ3n) is 3.08. The molecule has 0 aliphatic carbocycles. The zero-order valence-electron chi connectivity index (χ0n) is 12.4. The quantitative estimate of drug-likeness (QED) is 0.579. The van der Waals surface area contributed by atoms with E-state index in [1.165, 1.54) is 0 Å². The SMILES string of the molecule is CC(C)[C@H](N)C(=O)NCC(=O)Nc1ccc(CCO)cc1. The van der Waals surface area contributed by atoms with Crippen molar-refractivity contribution >= 4 is 17.5 Å². The molecule has 0 aliphatic heterocycles. The Kier molecular flexibility index (Phi) is 6.84. The molecule has 0 aromatic heterocycles. The standard InChI is InChI=1S/C15H23N3O3/c1-10(2)14(16)15(21)17-9-13(20)18-12-5-3-11(4-6-12)7-8-19/h3-6,10,14,19H,7-9,16H2,1-2H3,(H,17,21)(H,18,20)/t14-/m0/s1. The summed E-state index contributed by atoms with van der Waals surface area (Å²) in [4.78, 5) is 23.3. The summed E-state index contributed by atoms with van der Waals surface area (Å²) in [5.74, 6) is -0.625. The number of carbonyl (C=O) groups excluding carboxylic acids is 2. The Bertz CT molecular complexity index is 472. The van der Waals surface area contributed by atoms with Crippen LogP contribution in [0.2, 0.25) is 0 Å². The van der Waals surface area contributed by atoms with E-state index in [0.29, 0.717) is 12.1 Å². The minimum absolute atomic E-state index is 0.0205. The second-order valence-corrected chi connectivity index (χ2v) is 5.21. The summed E-state index contributed by atoms with van der Waals surface area (Å²) in [6.07, 6.45) is 0.581. The fourth-order valence-corrected chi connectivity index (χ4v) is 1.68. The maximum absolute atomic E-state index is 11.7. The van der Waals surface area contributed by atoms with E-state index in [1.807, 2.05) is 26.0 Å². The number of benzene rings is 1. The van der Waals surface area contributed by atoms with E-state index in [4.69, 9.17) is 10.8 Å². The van der Waals surface area contributed by atoms with Crippen molar-refractivity contribution in [1.29, 1.82) is 0 Å². The molecule has 21 heavy (non-hydrogen) atoms. The van der Waals surface area contributed by atoms with Gasteiger partial charge in [0.2, 0.25) is 11.8 Å². The van der Waals surface area contributed by atoms with Gasteiger partial charge in [-0.15, -0.1) is 0 Å². The molecule has 1 aromatic rings. The number of carbonyl (C=O) groups is 2. The van der Waals surface area contributed by atoms with E-state index in [9.17, 15) is 9.59 Å². The third kappa shape index (κ3) is 5.93. The Labute approximate surface area is 124 Å². The first kappa shape index (κ1) is 17.1. The second kappa shape index (κ2) is 8.39. The first-order valence-corrected chi connectivity index (χ1v) is 6.97. The van der Waals surface area contributed by atoms with E-state index >= 15 is 0 Å². The average Bonchev–Trinajstić information content (AvgIpc) is 2.46. The Morgan fingerprint density at radius 2 is 1.86 bits per heavy atom. The molecule has 0 radical (unpaired) electrons. The number of nitrogens with one attached hydrogen (secondary N) is 2. The topological polar surface area (TPSA) is 104 Å². The fourth-order valence-electron chi connectivity index (χ4n) is 1.68. The molecule has 0 saturated carbocycles. The first-order valence-electron chi connectivity index (χ1n) is 6.97. The third-order valence-corrected chi connectivity index (χ3v) is 3.08. The van der Waals surface area contributed by atoms with Gasteiger partial charge in [-0.05, 0) is 30.0 Å². The lowest BCUT2D eigenvalue weighted by Gasteiger charge is -2.15. The van der Waals surface area contributed by atoms with Crippen LogP contribution in [-0.2, 0) is 16.0 Å². The summed E-state index contributed by atoms with van der Waals surface area (Å²) in [6.45, 7) is 3.67. The smallest absolute Gasteiger partial charge is 0.243 e. The molecule has 2 amide bonds. The van der Waals surface area contributed by atoms with Crippen LogP contribution in [0.4, 0.5) is 5.69 Å². The Morgan fingerprint density at radius 1 is 1.24 bits per heavy atom. The van der Waals surface area contributed by atoms with Gasteiger partial charge in [0.1, 0.15) is 0 Å². The summed E-state index contributed by atoms with van der Waals surface area (Å²) in [6, 6.07) is 6.56. The Morgan fingerprint density at radius 3 is 2.38 bits per heavy atom. The highest BCUT2D eigenvalue weighted by atomic mass is 16.3. The second-order valence-electron chi connectivity index (χ2n) is 5.21. The van der Waals surface area contributed by atoms with Crippen LogP contribution in [0.15, 0.2) is 24.3 Å². The molecule has 5 N–H and O–H groups in total. The fraction of sp³-hybridized carbons (Fsp3) is 0.467. The zero-order chi connectivity index (χ0) is 15.8. The van der Waals surface area contributed by atoms with Crippen molar-refractivity contribution in [2.75, 3.05) is 18.5 Å². The number of aliphatic hydroxyl groups is 1. The van der Waals surface area contributed by atoms with Crippen LogP contribution in [0, 0.1) is 5.92 Å². The maximum atomic E-state index is 11.7. The van der Waals surface area contributed by atoms with Gasteiger partial charge in [-0.2, -0.15) is 0 Å². The van der Waals surface area contributed by atoms with Gasteiger partial charge in [0.25, 0.3) is 0 Å². The zero-order valence-corrected chi connectivity index (χ0v) is 12.4. The van der Waals surface area contributed by atoms with Gasteiger partial charge >= 0.3 is 0 Å². The number of amides is 2. The highest BCUT2D eigenvalue weighted by molar-refractivity contribution is 5.95. The Balaban J connectivity index is 2.41. The van der Waals surface area contributed by atoms with E-state index < -0.39 is 6.04 Å². The molecule has 0 bridgehead atoms. The van der Waals surface area contributed by atoms with Crippen molar-refractivity contribution in [2.24, 2.45) is 11.7 Å². The van der Waals surface area contributed by atoms with Gasteiger partial charge in [-0.25, -0.2) is 0 Å². The predicted molar refractivity (Wildman–Crippen MR) is 81.7 cm³/mol. The summed E-state index contributed by atoms with van der Waals surface area (Å²) in [5.41, 5.74) is 7.31. The molecular formula is C15H23N3O3. The van der Waals surface area contributed by atoms with Crippen molar-refractivity contribution in [3.05, 3.63) is 29.8 Å². The molecule has 1 rings (SSSR count). The minimum atomic E-state index is -0.615. The van der Waals surface area contributed by atoms with Gasteiger partial charge in [0.05, 0.1) is 12.6 Å². The van der Waals surface area contributed by atoms with E-state index in [-0.39, 0.29) is 30.9 Å². The van der Waals surface area contributed by atoms with Crippen LogP contribution >= 0.6 is 0 Å². The normalized spacial score (nSPS) is 12.0. The summed E-state index contributed by atoms with van der Waals surface area (Å²) < 4.78 is 0. The van der Waals surface area contributed by atoms with E-state index in [0.717, 1.165) is 5.56 Å². The number of nitrogens with two attached hydrogens (primary N) is 1. The highest BCUT2D eigenvalue weighted by Crippen LogP contribution is 2.09. The van der Waals surface area contributed by atoms with Gasteiger partial charge < -0.3 is 21.5 Å². The average molecular weight is 293 g/mol. The van der Waals surface area contributed by atoms with Crippen molar-refractivity contribution < 1.29 is 14.7 Å². The van der Waals surface area contributed by atoms with Crippen LogP contribution in [0.25, 0.3) is 0 Å². The predicted octanol–water partition coefficient (Wildman–Crippen LogP) is 0.259. The van der Waals surface area contributed by atoms with E-state index in [2.05, 4.69) is 10.6 Å². The van der Waals surface area contributed by atoms with Crippen LogP contribution in [0.1, 0.15) is 19.4 Å². The highest BCUT2D eigenvalue weighted by Gasteiger charge is 2.17. The van der Waals surface area contributed by atoms with Gasteiger partial charge in [0.15, 0.2) is 0 Å². The molecule has 0 fully saturated rings. The summed E-state index contributed by atoms with van der Waals surface area (Å²) >= 11 is 0. The molecule has 0 heterocycles. The van der Waals surface area contributed by atoms with Crippen LogP contribution in [0.5, 0.6) is 0 Å². The molecule has 1 aromatic carbocycles. The van der Waals surface area contributed by atoms with Crippen molar-refractivity contribution in [1.82, 2.24) is 5.32 Å². The van der Waals surface area contributed by atoms with Crippen molar-refractivity contribution in [3.8, 4) is 0 Å². The lowest BCUT2D eigenvalue weighted by Crippen LogP contribution is -2.46. The minimum Gasteiger partial charge on any atom is -0.396 e. The van der Waals surface area contributed by atoms with Crippen molar-refractivity contribution in [3.63, 3.8) is 0 Å². The monoisotopic (exact) mass is 293 g/mol. The molecule has 0 saturated heterocycles. The molecule has 0 aliphatic rings. The molecule has 1 atom stereocenters. The number of aliphatic hydroxyl groups excluding tert-OH is 1. The molecule has 116 valence electrons. The lowest BCUT2D eigenvalue weighted by atomic mass is 10.1. The first-order chi connectivity index (χ1) is 9.93. The summed E-state index contributed by atoms with van der Waals surface area (Å²) in [5, 5.41) is 14.0. The van der Waals surface area contributed by atoms with Crippen LogP contribution < -0.4 is 16.4 Å². The Hall–Kier alpha value is -1.92. The molecule has 0 unspecified atom stereocenters. The largest absolute Gasteiger partial charge is 0.396 e. The van der Waals surface area contributed by atoms with Crippen molar-refractivity contribution in [2.45, 2.75) is 26.3 Å². The molecule has 6 nitrogen and oxygen atoms in total. The lowest BCUT2D eigenvalue weighted by molar-refractivity contribution is -0.125.